The van der Waals surface area contributed by atoms with E-state index in [1.807, 2.05) is 12.1 Å². The van der Waals surface area contributed by atoms with Crippen molar-refractivity contribution in [1.82, 2.24) is 20.3 Å². The highest BCUT2D eigenvalue weighted by Gasteiger charge is 2.21. The van der Waals surface area contributed by atoms with Gasteiger partial charge >= 0.3 is 0 Å². The highest BCUT2D eigenvalue weighted by Crippen LogP contribution is 2.35. The van der Waals surface area contributed by atoms with Crippen LogP contribution in [0.4, 0.5) is 10.1 Å². The number of carbonyl (C=O) groups excluding carboxylic acids is 1. The Morgan fingerprint density at radius 3 is 2.91 bits per heavy atom. The first kappa shape index (κ1) is 22.0. The molecule has 4 N–H and O–H groups in total. The number of fused-ring (bicyclic) bond motifs is 2. The van der Waals surface area contributed by atoms with Crippen molar-refractivity contribution in [3.63, 3.8) is 0 Å². The van der Waals surface area contributed by atoms with E-state index in [0.717, 1.165) is 48.0 Å². The van der Waals surface area contributed by atoms with Gasteiger partial charge in [0.2, 0.25) is 0 Å². The first-order valence-electron chi connectivity index (χ1n) is 10.3. The second kappa shape index (κ2) is 8.72. The van der Waals surface area contributed by atoms with Crippen molar-refractivity contribution >= 4 is 45.9 Å². The monoisotopic (exact) mass is 454 g/mol. The van der Waals surface area contributed by atoms with Gasteiger partial charge < -0.3 is 20.9 Å². The largest absolute Gasteiger partial charge is 0.369 e. The lowest BCUT2D eigenvalue weighted by Crippen LogP contribution is -2.42. The predicted octanol–water partition coefficient (Wildman–Crippen LogP) is 3.63. The van der Waals surface area contributed by atoms with E-state index < -0.39 is 0 Å². The van der Waals surface area contributed by atoms with E-state index in [-0.39, 0.29) is 30.2 Å². The standard InChI is InChI=1S/C23H23FN6O.ClH/c1-26-23(31)14-8-16-18(11-29-22(16)28-10-14)13-7-17-20(30-6-2-3-15(25)12-30)4-5-27-21(17)19(24)9-13;/h4-5,7-11,15H,2-3,6,12,25H2,1H3,(H,26,31)(H,28,29);1H/t15-;/m0./s1. The summed E-state index contributed by atoms with van der Waals surface area (Å²) < 4.78 is 15.1. The summed E-state index contributed by atoms with van der Waals surface area (Å²) in [6.07, 6.45) is 6.95. The van der Waals surface area contributed by atoms with Gasteiger partial charge in [-0.2, -0.15) is 0 Å². The van der Waals surface area contributed by atoms with E-state index in [2.05, 4.69) is 25.2 Å². The van der Waals surface area contributed by atoms with Crippen molar-refractivity contribution in [3.8, 4) is 11.1 Å². The normalized spacial score (nSPS) is 16.2. The molecule has 0 spiro atoms. The molecule has 4 aromatic rings. The van der Waals surface area contributed by atoms with E-state index in [4.69, 9.17) is 5.73 Å². The molecule has 1 atom stereocenters. The molecule has 9 heteroatoms. The number of halogens is 2. The van der Waals surface area contributed by atoms with Crippen molar-refractivity contribution in [2.45, 2.75) is 18.9 Å². The Kier molecular flexibility index (Phi) is 5.99. The lowest BCUT2D eigenvalue weighted by molar-refractivity contribution is 0.0963. The SMILES string of the molecule is CNC(=O)c1cnc2[nH]cc(-c3cc(F)c4nccc(N5CCC[C@H](N)C5)c4c3)c2c1.Cl. The summed E-state index contributed by atoms with van der Waals surface area (Å²) in [4.78, 5) is 26.0. The summed E-state index contributed by atoms with van der Waals surface area (Å²) in [7, 11) is 1.57. The van der Waals surface area contributed by atoms with Gasteiger partial charge in [0, 0.05) is 66.8 Å². The smallest absolute Gasteiger partial charge is 0.252 e. The Balaban J connectivity index is 0.00000245. The van der Waals surface area contributed by atoms with Gasteiger partial charge in [0.1, 0.15) is 17.0 Å². The summed E-state index contributed by atoms with van der Waals surface area (Å²) >= 11 is 0. The Bertz CT molecular complexity index is 1310. The number of amides is 1. The number of hydrogen-bond donors (Lipinski definition) is 3. The maximum atomic E-state index is 15.1. The van der Waals surface area contributed by atoms with Gasteiger partial charge in [-0.1, -0.05) is 0 Å². The van der Waals surface area contributed by atoms with Crippen LogP contribution in [0.3, 0.4) is 0 Å². The number of piperidine rings is 1. The zero-order chi connectivity index (χ0) is 21.5. The van der Waals surface area contributed by atoms with Crippen molar-refractivity contribution in [2.75, 3.05) is 25.0 Å². The van der Waals surface area contributed by atoms with Gasteiger partial charge in [-0.05, 0) is 42.7 Å². The molecular weight excluding hydrogens is 431 g/mol. The van der Waals surface area contributed by atoms with Gasteiger partial charge in [-0.25, -0.2) is 9.37 Å². The highest BCUT2D eigenvalue weighted by atomic mass is 35.5. The topological polar surface area (TPSA) is 99.9 Å². The van der Waals surface area contributed by atoms with Crippen LogP contribution in [0.25, 0.3) is 33.1 Å². The molecule has 5 rings (SSSR count). The summed E-state index contributed by atoms with van der Waals surface area (Å²) in [5, 5.41) is 4.11. The molecule has 4 heterocycles. The van der Waals surface area contributed by atoms with Crippen LogP contribution < -0.4 is 16.0 Å². The minimum Gasteiger partial charge on any atom is -0.369 e. The summed E-state index contributed by atoms with van der Waals surface area (Å²) in [6, 6.07) is 7.23. The quantitative estimate of drug-likeness (QED) is 0.439. The van der Waals surface area contributed by atoms with Crippen LogP contribution >= 0.6 is 12.4 Å². The first-order valence-corrected chi connectivity index (χ1v) is 10.3. The number of aromatic amines is 1. The number of nitrogens with zero attached hydrogens (tertiary/aromatic N) is 3. The molecule has 0 bridgehead atoms. The van der Waals surface area contributed by atoms with Crippen LogP contribution in [0.15, 0.2) is 42.9 Å². The number of benzene rings is 1. The third-order valence-electron chi connectivity index (χ3n) is 5.91. The van der Waals surface area contributed by atoms with Crippen LogP contribution in [0.2, 0.25) is 0 Å². The minimum absolute atomic E-state index is 0. The summed E-state index contributed by atoms with van der Waals surface area (Å²) in [6.45, 7) is 1.61. The Morgan fingerprint density at radius 1 is 1.28 bits per heavy atom. The van der Waals surface area contributed by atoms with Crippen LogP contribution in [-0.2, 0) is 0 Å². The first-order chi connectivity index (χ1) is 15.0. The fraction of sp³-hybridized carbons (Fsp3) is 0.261. The van der Waals surface area contributed by atoms with Crippen molar-refractivity contribution in [2.24, 2.45) is 5.73 Å². The van der Waals surface area contributed by atoms with Crippen LogP contribution in [0, 0.1) is 5.82 Å². The molecular formula is C23H24ClFN6O. The maximum absolute atomic E-state index is 15.1. The molecule has 0 radical (unpaired) electrons. The van der Waals surface area contributed by atoms with E-state index in [0.29, 0.717) is 22.3 Å². The zero-order valence-corrected chi connectivity index (χ0v) is 18.4. The van der Waals surface area contributed by atoms with Gasteiger partial charge in [0.05, 0.1) is 5.56 Å². The molecule has 1 aliphatic heterocycles. The minimum atomic E-state index is -0.388. The molecule has 1 aliphatic rings. The van der Waals surface area contributed by atoms with E-state index in [1.165, 1.54) is 12.3 Å². The number of pyridine rings is 2. The average molecular weight is 455 g/mol. The maximum Gasteiger partial charge on any atom is 0.252 e. The van der Waals surface area contributed by atoms with Crippen molar-refractivity contribution in [3.05, 3.63) is 54.2 Å². The summed E-state index contributed by atoms with van der Waals surface area (Å²) in [5.41, 5.74) is 10.0. The number of aromatic nitrogens is 3. The lowest BCUT2D eigenvalue weighted by atomic mass is 10.00. The molecule has 0 aliphatic carbocycles. The van der Waals surface area contributed by atoms with Crippen LogP contribution in [0.5, 0.6) is 0 Å². The number of nitrogens with one attached hydrogen (secondary N) is 2. The average Bonchev–Trinajstić information content (AvgIpc) is 3.21. The molecule has 0 saturated carbocycles. The molecule has 1 amide bonds. The molecule has 32 heavy (non-hydrogen) atoms. The van der Waals surface area contributed by atoms with Gasteiger partial charge in [-0.3, -0.25) is 9.78 Å². The predicted molar refractivity (Wildman–Crippen MR) is 127 cm³/mol. The van der Waals surface area contributed by atoms with Gasteiger partial charge in [-0.15, -0.1) is 12.4 Å². The van der Waals surface area contributed by atoms with E-state index in [9.17, 15) is 4.79 Å². The van der Waals surface area contributed by atoms with Crippen molar-refractivity contribution in [1.29, 1.82) is 0 Å². The molecule has 3 aromatic heterocycles. The lowest BCUT2D eigenvalue weighted by Gasteiger charge is -2.33. The molecule has 0 unspecified atom stereocenters. The molecule has 1 aromatic carbocycles. The van der Waals surface area contributed by atoms with Crippen LogP contribution in [0.1, 0.15) is 23.2 Å². The summed E-state index contributed by atoms with van der Waals surface area (Å²) in [5.74, 6) is -0.611. The molecule has 166 valence electrons. The number of nitrogens with two attached hydrogens (primary N) is 1. The number of hydrogen-bond acceptors (Lipinski definition) is 5. The molecule has 1 fully saturated rings. The number of rotatable bonds is 3. The number of anilines is 1. The number of carbonyl (C=O) groups is 1. The van der Waals surface area contributed by atoms with E-state index >= 15 is 4.39 Å². The van der Waals surface area contributed by atoms with Crippen molar-refractivity contribution < 1.29 is 9.18 Å². The fourth-order valence-corrected chi connectivity index (χ4v) is 4.37. The van der Waals surface area contributed by atoms with E-state index in [1.54, 1.807) is 25.5 Å². The third kappa shape index (κ3) is 3.76. The van der Waals surface area contributed by atoms with Gasteiger partial charge in [0.25, 0.3) is 5.91 Å². The second-order valence-corrected chi connectivity index (χ2v) is 7.93. The highest BCUT2D eigenvalue weighted by molar-refractivity contribution is 6.03. The Morgan fingerprint density at radius 2 is 2.12 bits per heavy atom. The fourth-order valence-electron chi connectivity index (χ4n) is 4.37. The zero-order valence-electron chi connectivity index (χ0n) is 17.6. The third-order valence-corrected chi connectivity index (χ3v) is 5.91. The second-order valence-electron chi connectivity index (χ2n) is 7.93. The number of H-pyrrole nitrogens is 1. The Hall–Kier alpha value is -3.23. The Labute approximate surface area is 190 Å². The van der Waals surface area contributed by atoms with Gasteiger partial charge in [0.15, 0.2) is 0 Å². The molecule has 7 nitrogen and oxygen atoms in total. The van der Waals surface area contributed by atoms with Crippen LogP contribution in [-0.4, -0.2) is 47.0 Å². The molecule has 1 saturated heterocycles.